The maximum Gasteiger partial charge on any atom is 0.231 e. The van der Waals surface area contributed by atoms with Crippen molar-refractivity contribution in [1.29, 1.82) is 0 Å². The van der Waals surface area contributed by atoms with E-state index in [4.69, 9.17) is 21.1 Å². The lowest BCUT2D eigenvalue weighted by atomic mass is 10.1. The Hall–Kier alpha value is -1.94. The molecule has 1 aliphatic heterocycles. The van der Waals surface area contributed by atoms with Gasteiger partial charge in [0.15, 0.2) is 17.3 Å². The van der Waals surface area contributed by atoms with E-state index < -0.39 is 0 Å². The molecule has 0 spiro atoms. The lowest BCUT2D eigenvalue weighted by molar-refractivity contribution is 0.102. The summed E-state index contributed by atoms with van der Waals surface area (Å²) in [6, 6.07) is 7.80. The molecule has 0 amide bonds. The van der Waals surface area contributed by atoms with E-state index in [2.05, 4.69) is 4.57 Å². The van der Waals surface area contributed by atoms with Gasteiger partial charge in [-0.05, 0) is 37.6 Å². The third kappa shape index (κ3) is 2.51. The van der Waals surface area contributed by atoms with Gasteiger partial charge in [0, 0.05) is 23.5 Å². The highest BCUT2D eigenvalue weighted by Gasteiger charge is 2.17. The number of ketones is 1. The summed E-state index contributed by atoms with van der Waals surface area (Å²) in [6.45, 7) is 4.89. The van der Waals surface area contributed by atoms with E-state index in [9.17, 15) is 4.79 Å². The van der Waals surface area contributed by atoms with Crippen LogP contribution in [0, 0.1) is 13.8 Å². The highest BCUT2D eigenvalue weighted by molar-refractivity contribution is 6.30. The first-order valence-electron chi connectivity index (χ1n) is 6.74. The third-order valence-electron chi connectivity index (χ3n) is 3.77. The highest BCUT2D eigenvalue weighted by atomic mass is 35.5. The molecule has 0 saturated heterocycles. The predicted octanol–water partition coefficient (Wildman–Crippen LogP) is 3.30. The first kappa shape index (κ1) is 14.0. The molecule has 3 rings (SSSR count). The Morgan fingerprint density at radius 1 is 1.24 bits per heavy atom. The normalized spacial score (nSPS) is 12.7. The Morgan fingerprint density at radius 3 is 2.76 bits per heavy atom. The molecule has 4 nitrogen and oxygen atoms in total. The van der Waals surface area contributed by atoms with Crippen LogP contribution in [0.1, 0.15) is 27.3 Å². The Bertz CT molecular complexity index is 706. The number of aromatic nitrogens is 1. The van der Waals surface area contributed by atoms with E-state index in [-0.39, 0.29) is 18.5 Å². The zero-order valence-electron chi connectivity index (χ0n) is 12.0. The predicted molar refractivity (Wildman–Crippen MR) is 80.6 cm³/mol. The van der Waals surface area contributed by atoms with Gasteiger partial charge in [-0.1, -0.05) is 6.07 Å². The number of rotatable bonds is 4. The van der Waals surface area contributed by atoms with Crippen LogP contribution in [0.5, 0.6) is 11.5 Å². The molecule has 21 heavy (non-hydrogen) atoms. The number of benzene rings is 1. The van der Waals surface area contributed by atoms with Crippen LogP contribution in [0.3, 0.4) is 0 Å². The number of alkyl halides is 1. The van der Waals surface area contributed by atoms with Crippen molar-refractivity contribution in [2.24, 2.45) is 0 Å². The van der Waals surface area contributed by atoms with E-state index in [1.54, 1.807) is 0 Å². The average Bonchev–Trinajstić information content (AvgIpc) is 3.05. The van der Waals surface area contributed by atoms with Crippen molar-refractivity contribution >= 4 is 17.4 Å². The first-order valence-corrected chi connectivity index (χ1v) is 7.28. The van der Waals surface area contributed by atoms with Gasteiger partial charge in [0.1, 0.15) is 0 Å². The summed E-state index contributed by atoms with van der Waals surface area (Å²) in [5, 5.41) is 0. The van der Waals surface area contributed by atoms with E-state index >= 15 is 0 Å². The minimum atomic E-state index is -0.0401. The van der Waals surface area contributed by atoms with Crippen molar-refractivity contribution in [2.75, 3.05) is 12.7 Å². The molecule has 0 N–H and O–H groups in total. The lowest BCUT2D eigenvalue weighted by Gasteiger charge is -2.10. The summed E-state index contributed by atoms with van der Waals surface area (Å²) in [6.07, 6.45) is 0. The third-order valence-corrected chi connectivity index (χ3v) is 4.02. The summed E-state index contributed by atoms with van der Waals surface area (Å²) in [4.78, 5) is 11.8. The molecule has 0 bridgehead atoms. The average molecular weight is 306 g/mol. The summed E-state index contributed by atoms with van der Waals surface area (Å²) < 4.78 is 12.8. The number of ether oxygens (including phenoxy) is 2. The number of halogens is 1. The molecule has 0 saturated carbocycles. The zero-order valence-corrected chi connectivity index (χ0v) is 12.7. The molecule has 1 aromatic carbocycles. The Kier molecular flexibility index (Phi) is 3.64. The fraction of sp³-hybridized carbons (Fsp3) is 0.312. The molecule has 0 unspecified atom stereocenters. The molecular weight excluding hydrogens is 290 g/mol. The van der Waals surface area contributed by atoms with E-state index in [1.165, 1.54) is 0 Å². The Labute approximate surface area is 128 Å². The zero-order chi connectivity index (χ0) is 15.0. The van der Waals surface area contributed by atoms with Crippen molar-refractivity contribution in [3.05, 3.63) is 46.8 Å². The van der Waals surface area contributed by atoms with Gasteiger partial charge in [-0.15, -0.1) is 11.6 Å². The van der Waals surface area contributed by atoms with Gasteiger partial charge in [-0.3, -0.25) is 4.79 Å². The van der Waals surface area contributed by atoms with Crippen molar-refractivity contribution in [3.8, 4) is 11.5 Å². The fourth-order valence-electron chi connectivity index (χ4n) is 2.62. The molecule has 5 heteroatoms. The van der Waals surface area contributed by atoms with Crippen LogP contribution >= 0.6 is 11.6 Å². The minimum Gasteiger partial charge on any atom is -0.454 e. The number of Topliss-reactive ketones (excluding diaryl/α,β-unsaturated/α-hetero) is 1. The van der Waals surface area contributed by atoms with Crippen LogP contribution in [0.25, 0.3) is 0 Å². The number of fused-ring (bicyclic) bond motifs is 1. The Balaban J connectivity index is 1.91. The van der Waals surface area contributed by atoms with Crippen LogP contribution in [0.15, 0.2) is 24.3 Å². The SMILES string of the molecule is Cc1cc(C(=O)CCl)c(C)n1Cc1ccc2c(c1)OCO2. The van der Waals surface area contributed by atoms with Gasteiger partial charge in [-0.25, -0.2) is 0 Å². The van der Waals surface area contributed by atoms with Gasteiger partial charge in [0.2, 0.25) is 6.79 Å². The maximum atomic E-state index is 11.8. The first-order chi connectivity index (χ1) is 10.1. The summed E-state index contributed by atoms with van der Waals surface area (Å²) >= 11 is 5.66. The highest BCUT2D eigenvalue weighted by Crippen LogP contribution is 2.33. The van der Waals surface area contributed by atoms with Crippen molar-refractivity contribution in [1.82, 2.24) is 4.57 Å². The molecular formula is C16H16ClNO3. The summed E-state index contributed by atoms with van der Waals surface area (Å²) in [7, 11) is 0. The van der Waals surface area contributed by atoms with Crippen LogP contribution in [-0.4, -0.2) is 23.0 Å². The minimum absolute atomic E-state index is 0.00825. The summed E-state index contributed by atoms with van der Waals surface area (Å²) in [5.74, 6) is 1.51. The molecule has 2 heterocycles. The molecule has 0 radical (unpaired) electrons. The van der Waals surface area contributed by atoms with Crippen molar-refractivity contribution in [2.45, 2.75) is 20.4 Å². The number of nitrogens with zero attached hydrogens (tertiary/aromatic N) is 1. The largest absolute Gasteiger partial charge is 0.454 e. The summed E-state index contributed by atoms with van der Waals surface area (Å²) in [5.41, 5.74) is 3.78. The van der Waals surface area contributed by atoms with Gasteiger partial charge in [0.25, 0.3) is 0 Å². The maximum absolute atomic E-state index is 11.8. The smallest absolute Gasteiger partial charge is 0.231 e. The van der Waals surface area contributed by atoms with Crippen LogP contribution in [0.2, 0.25) is 0 Å². The monoisotopic (exact) mass is 305 g/mol. The number of hydrogen-bond acceptors (Lipinski definition) is 3. The fourth-order valence-corrected chi connectivity index (χ4v) is 2.76. The van der Waals surface area contributed by atoms with Gasteiger partial charge in [0.05, 0.1) is 5.88 Å². The quantitative estimate of drug-likeness (QED) is 0.643. The van der Waals surface area contributed by atoms with Gasteiger partial charge < -0.3 is 14.0 Å². The standard InChI is InChI=1S/C16H16ClNO3/c1-10-5-13(14(19)7-17)11(2)18(10)8-12-3-4-15-16(6-12)21-9-20-15/h3-6H,7-9H2,1-2H3. The molecule has 1 aliphatic rings. The van der Waals surface area contributed by atoms with Crippen LogP contribution < -0.4 is 9.47 Å². The Morgan fingerprint density at radius 2 is 2.00 bits per heavy atom. The van der Waals surface area contributed by atoms with Gasteiger partial charge >= 0.3 is 0 Å². The molecule has 1 aromatic heterocycles. The second kappa shape index (κ2) is 5.45. The van der Waals surface area contributed by atoms with E-state index in [1.807, 2.05) is 38.1 Å². The topological polar surface area (TPSA) is 40.5 Å². The lowest BCUT2D eigenvalue weighted by Crippen LogP contribution is -2.06. The molecule has 0 aliphatic carbocycles. The van der Waals surface area contributed by atoms with Crippen molar-refractivity contribution < 1.29 is 14.3 Å². The van der Waals surface area contributed by atoms with Gasteiger partial charge in [-0.2, -0.15) is 0 Å². The number of aryl methyl sites for hydroxylation is 1. The molecule has 2 aromatic rings. The molecule has 0 fully saturated rings. The second-order valence-corrected chi connectivity index (χ2v) is 5.38. The number of hydrogen-bond donors (Lipinski definition) is 0. The van der Waals surface area contributed by atoms with E-state index in [0.717, 1.165) is 28.5 Å². The van der Waals surface area contributed by atoms with E-state index in [0.29, 0.717) is 12.1 Å². The second-order valence-electron chi connectivity index (χ2n) is 5.12. The van der Waals surface area contributed by atoms with Crippen molar-refractivity contribution in [3.63, 3.8) is 0 Å². The number of carbonyl (C=O) groups excluding carboxylic acids is 1. The number of carbonyl (C=O) groups is 1. The van der Waals surface area contributed by atoms with Crippen LogP contribution in [-0.2, 0) is 6.54 Å². The van der Waals surface area contributed by atoms with Crippen LogP contribution in [0.4, 0.5) is 0 Å². The molecule has 110 valence electrons. The molecule has 0 atom stereocenters.